The highest BCUT2D eigenvalue weighted by atomic mass is 16.1. The molecule has 0 saturated carbocycles. The van der Waals surface area contributed by atoms with Gasteiger partial charge in [0.05, 0.1) is 24.0 Å². The molecule has 4 aromatic rings. The summed E-state index contributed by atoms with van der Waals surface area (Å²) in [6, 6.07) is 17.1. The molecule has 0 bridgehead atoms. The molecule has 0 aliphatic heterocycles. The summed E-state index contributed by atoms with van der Waals surface area (Å²) in [4.78, 5) is 24.2. The second-order valence-corrected chi connectivity index (χ2v) is 6.52. The largest absolute Gasteiger partial charge is 0.352 e. The van der Waals surface area contributed by atoms with Crippen molar-refractivity contribution < 1.29 is 4.79 Å². The molecule has 0 radical (unpaired) electrons. The van der Waals surface area contributed by atoms with E-state index in [0.29, 0.717) is 29.6 Å². The molecule has 0 aliphatic rings. The Labute approximate surface area is 161 Å². The second-order valence-electron chi connectivity index (χ2n) is 6.52. The summed E-state index contributed by atoms with van der Waals surface area (Å²) in [5, 5.41) is 14.8. The van der Waals surface area contributed by atoms with Crippen LogP contribution in [0.1, 0.15) is 16.8 Å². The normalized spacial score (nSPS) is 10.9. The molecule has 2 heterocycles. The lowest BCUT2D eigenvalue weighted by Gasteiger charge is -2.08. The Hall–Kier alpha value is -3.74. The fraction of sp³-hybridized carbons (Fsp3) is 0.143. The van der Waals surface area contributed by atoms with Crippen LogP contribution < -0.4 is 10.9 Å². The van der Waals surface area contributed by atoms with Gasteiger partial charge in [-0.15, -0.1) is 0 Å². The molecule has 0 aliphatic carbocycles. The predicted molar refractivity (Wildman–Crippen MR) is 106 cm³/mol. The fourth-order valence-corrected chi connectivity index (χ4v) is 3.07. The van der Waals surface area contributed by atoms with E-state index in [9.17, 15) is 9.59 Å². The highest BCUT2D eigenvalue weighted by Crippen LogP contribution is 2.13. The van der Waals surface area contributed by atoms with Crippen LogP contribution in [0.2, 0.25) is 0 Å². The van der Waals surface area contributed by atoms with Gasteiger partial charge in [-0.2, -0.15) is 10.2 Å². The summed E-state index contributed by atoms with van der Waals surface area (Å²) in [5.41, 5.74) is 2.46. The van der Waals surface area contributed by atoms with Gasteiger partial charge in [0.15, 0.2) is 0 Å². The van der Waals surface area contributed by atoms with Crippen molar-refractivity contribution in [2.24, 2.45) is 0 Å². The number of amides is 1. The zero-order valence-corrected chi connectivity index (χ0v) is 15.1. The molecule has 0 saturated heterocycles. The van der Waals surface area contributed by atoms with Crippen molar-refractivity contribution in [1.29, 1.82) is 0 Å². The summed E-state index contributed by atoms with van der Waals surface area (Å²) < 4.78 is 1.86. The van der Waals surface area contributed by atoms with Crippen molar-refractivity contribution in [2.45, 2.75) is 19.5 Å². The number of carbonyl (C=O) groups excluding carboxylic acids is 1. The number of nitrogens with zero attached hydrogens (tertiary/aromatic N) is 3. The van der Waals surface area contributed by atoms with Crippen molar-refractivity contribution in [3.63, 3.8) is 0 Å². The van der Waals surface area contributed by atoms with E-state index in [1.165, 1.54) is 0 Å². The summed E-state index contributed by atoms with van der Waals surface area (Å²) in [6.07, 6.45) is 3.78. The minimum atomic E-state index is -0.255. The summed E-state index contributed by atoms with van der Waals surface area (Å²) >= 11 is 0. The van der Waals surface area contributed by atoms with Gasteiger partial charge in [0.25, 0.3) is 5.56 Å². The Balaban J connectivity index is 1.37. The number of fused-ring (bicyclic) bond motifs is 1. The maximum Gasteiger partial charge on any atom is 0.272 e. The number of nitrogens with one attached hydrogen (secondary N) is 2. The fourth-order valence-electron chi connectivity index (χ4n) is 3.07. The number of hydrogen-bond donors (Lipinski definition) is 2. The van der Waals surface area contributed by atoms with Gasteiger partial charge in [-0.25, -0.2) is 5.10 Å². The number of benzene rings is 2. The number of H-pyrrole nitrogens is 1. The average molecular weight is 373 g/mol. The van der Waals surface area contributed by atoms with Gasteiger partial charge in [0.1, 0.15) is 0 Å². The summed E-state index contributed by atoms with van der Waals surface area (Å²) in [7, 11) is 0. The molecule has 2 N–H and O–H groups in total. The van der Waals surface area contributed by atoms with Crippen molar-refractivity contribution in [3.8, 4) is 0 Å². The third-order valence-electron chi connectivity index (χ3n) is 4.52. The number of rotatable bonds is 6. The first-order valence-corrected chi connectivity index (χ1v) is 8.97. The van der Waals surface area contributed by atoms with E-state index in [-0.39, 0.29) is 17.9 Å². The van der Waals surface area contributed by atoms with Crippen LogP contribution in [0, 0.1) is 0 Å². The first-order valence-electron chi connectivity index (χ1n) is 8.97. The number of carbonyl (C=O) groups is 1. The SMILES string of the molecule is O=C(Cc1n[nH]c(=O)c2ccccc12)NCc1ccc(Cn2cccn2)cc1. The van der Waals surface area contributed by atoms with Crippen molar-refractivity contribution in [2.75, 3.05) is 0 Å². The van der Waals surface area contributed by atoms with Crippen molar-refractivity contribution >= 4 is 16.7 Å². The lowest BCUT2D eigenvalue weighted by atomic mass is 10.1. The average Bonchev–Trinajstić information content (AvgIpc) is 3.23. The van der Waals surface area contributed by atoms with E-state index in [0.717, 1.165) is 11.1 Å². The monoisotopic (exact) mass is 373 g/mol. The zero-order valence-electron chi connectivity index (χ0n) is 15.1. The maximum absolute atomic E-state index is 12.3. The third-order valence-corrected chi connectivity index (χ3v) is 4.52. The quantitative estimate of drug-likeness (QED) is 0.541. The first kappa shape index (κ1) is 17.7. The molecule has 7 heteroatoms. The minimum absolute atomic E-state index is 0.106. The second kappa shape index (κ2) is 7.87. The molecule has 28 heavy (non-hydrogen) atoms. The molecule has 4 rings (SSSR count). The molecule has 0 spiro atoms. The van der Waals surface area contributed by atoms with Crippen LogP contribution in [0.15, 0.2) is 71.8 Å². The van der Waals surface area contributed by atoms with Gasteiger partial charge in [0, 0.05) is 24.3 Å². The van der Waals surface area contributed by atoms with E-state index < -0.39 is 0 Å². The highest BCUT2D eigenvalue weighted by molar-refractivity contribution is 5.88. The van der Waals surface area contributed by atoms with E-state index >= 15 is 0 Å². The molecule has 140 valence electrons. The van der Waals surface area contributed by atoms with E-state index in [4.69, 9.17) is 0 Å². The smallest absolute Gasteiger partial charge is 0.272 e. The Morgan fingerprint density at radius 1 is 1.00 bits per heavy atom. The van der Waals surface area contributed by atoms with Gasteiger partial charge in [-0.3, -0.25) is 14.3 Å². The zero-order chi connectivity index (χ0) is 19.3. The molecule has 2 aromatic carbocycles. The predicted octanol–water partition coefficient (Wildman–Crippen LogP) is 2.03. The van der Waals surface area contributed by atoms with Crippen LogP contribution in [0.3, 0.4) is 0 Å². The van der Waals surface area contributed by atoms with E-state index in [2.05, 4.69) is 20.6 Å². The van der Waals surface area contributed by atoms with Crippen LogP contribution in [0.4, 0.5) is 0 Å². The minimum Gasteiger partial charge on any atom is -0.352 e. The van der Waals surface area contributed by atoms with Gasteiger partial charge in [-0.05, 0) is 23.3 Å². The summed E-state index contributed by atoms with van der Waals surface area (Å²) in [6.45, 7) is 1.15. The molecule has 7 nitrogen and oxygen atoms in total. The number of hydrogen-bond acceptors (Lipinski definition) is 4. The van der Waals surface area contributed by atoms with Gasteiger partial charge in [0.2, 0.25) is 5.91 Å². The van der Waals surface area contributed by atoms with Gasteiger partial charge < -0.3 is 5.32 Å². The topological polar surface area (TPSA) is 92.7 Å². The van der Waals surface area contributed by atoms with E-state index in [1.54, 1.807) is 24.4 Å². The number of aromatic nitrogens is 4. The van der Waals surface area contributed by atoms with Crippen LogP contribution in [0.5, 0.6) is 0 Å². The van der Waals surface area contributed by atoms with Gasteiger partial charge >= 0.3 is 0 Å². The molecular weight excluding hydrogens is 354 g/mol. The third kappa shape index (κ3) is 3.98. The Morgan fingerprint density at radius 2 is 1.75 bits per heavy atom. The lowest BCUT2D eigenvalue weighted by Crippen LogP contribution is -2.25. The standard InChI is InChI=1S/C21H19N5O2/c27-20(12-19-17-4-1-2-5-18(17)21(28)25-24-19)22-13-15-6-8-16(9-7-15)14-26-11-3-10-23-26/h1-11H,12-14H2,(H,22,27)(H,25,28). The lowest BCUT2D eigenvalue weighted by molar-refractivity contribution is -0.120. The molecule has 2 aromatic heterocycles. The van der Waals surface area contributed by atoms with Crippen LogP contribution in [-0.2, 0) is 24.3 Å². The molecule has 0 unspecified atom stereocenters. The molecule has 0 atom stereocenters. The Morgan fingerprint density at radius 3 is 2.50 bits per heavy atom. The first-order chi connectivity index (χ1) is 13.7. The highest BCUT2D eigenvalue weighted by Gasteiger charge is 2.10. The van der Waals surface area contributed by atoms with Crippen molar-refractivity contribution in [1.82, 2.24) is 25.3 Å². The van der Waals surface area contributed by atoms with E-state index in [1.807, 2.05) is 47.3 Å². The van der Waals surface area contributed by atoms with Crippen LogP contribution in [0.25, 0.3) is 10.8 Å². The Bertz CT molecular complexity index is 1150. The summed E-state index contributed by atoms with van der Waals surface area (Å²) in [5.74, 6) is -0.148. The molecule has 1 amide bonds. The number of aromatic amines is 1. The van der Waals surface area contributed by atoms with Crippen molar-refractivity contribution in [3.05, 3.63) is 94.2 Å². The molecular formula is C21H19N5O2. The Kier molecular flexibility index (Phi) is 4.97. The van der Waals surface area contributed by atoms with Gasteiger partial charge in [-0.1, -0.05) is 42.5 Å². The van der Waals surface area contributed by atoms with Crippen LogP contribution in [-0.4, -0.2) is 25.9 Å². The van der Waals surface area contributed by atoms with Crippen LogP contribution >= 0.6 is 0 Å². The maximum atomic E-state index is 12.3. The molecule has 0 fully saturated rings.